The van der Waals surface area contributed by atoms with E-state index in [1.54, 1.807) is 29.4 Å². The van der Waals surface area contributed by atoms with E-state index in [2.05, 4.69) is 47.6 Å². The fourth-order valence-electron chi connectivity index (χ4n) is 3.98. The molecule has 3 aromatic heterocycles. The molecule has 0 fully saturated rings. The maximum absolute atomic E-state index is 5.98. The van der Waals surface area contributed by atoms with Crippen molar-refractivity contribution < 1.29 is 9.47 Å². The Morgan fingerprint density at radius 3 is 2.89 bits per heavy atom. The number of hydrogen-bond donors (Lipinski definition) is 1. The first-order valence-corrected chi connectivity index (χ1v) is 11.2. The second kappa shape index (κ2) is 8.64. The number of aryl methyl sites for hydroxylation is 1. The molecule has 1 N–H and O–H groups in total. The molecule has 2 aromatic carbocycles. The molecular weight excluding hydrogens is 444 g/mol. The molecule has 5 aromatic rings. The molecule has 0 radical (unpaired) electrons. The second-order valence-electron chi connectivity index (χ2n) is 8.46. The summed E-state index contributed by atoms with van der Waals surface area (Å²) in [5.41, 5.74) is 4.46. The van der Waals surface area contributed by atoms with Gasteiger partial charge in [0.05, 0.1) is 11.6 Å². The van der Waals surface area contributed by atoms with Crippen molar-refractivity contribution in [3.8, 4) is 11.6 Å². The molecule has 0 saturated carbocycles. The molecule has 4 heterocycles. The van der Waals surface area contributed by atoms with Crippen molar-refractivity contribution in [1.29, 1.82) is 0 Å². The molecule has 10 nitrogen and oxygen atoms in total. The predicted octanol–water partition coefficient (Wildman–Crippen LogP) is 4.27. The SMILES string of the molecule is Cc1cc(Nc2ncnc3ccc(CC4=N[C@@H](C)CO4)cc23)ccc1Oc1cc2nncn2cn1. The number of benzene rings is 2. The van der Waals surface area contributed by atoms with E-state index in [-0.39, 0.29) is 6.04 Å². The average Bonchev–Trinajstić information content (AvgIpc) is 3.49. The number of hydrogen-bond acceptors (Lipinski definition) is 9. The number of rotatable bonds is 6. The lowest BCUT2D eigenvalue weighted by molar-refractivity contribution is 0.318. The molecule has 1 atom stereocenters. The molecular formula is C25H22N8O2. The van der Waals surface area contributed by atoms with Gasteiger partial charge in [-0.15, -0.1) is 10.2 Å². The van der Waals surface area contributed by atoms with Gasteiger partial charge in [-0.05, 0) is 55.3 Å². The number of aromatic nitrogens is 6. The van der Waals surface area contributed by atoms with Gasteiger partial charge in [0.2, 0.25) is 5.88 Å². The van der Waals surface area contributed by atoms with E-state index in [0.29, 0.717) is 30.3 Å². The van der Waals surface area contributed by atoms with Crippen LogP contribution in [-0.4, -0.2) is 48.1 Å². The van der Waals surface area contributed by atoms with E-state index in [1.807, 2.05) is 38.1 Å². The van der Waals surface area contributed by atoms with Crippen molar-refractivity contribution in [3.63, 3.8) is 0 Å². The average molecular weight is 467 g/mol. The third kappa shape index (κ3) is 4.33. The summed E-state index contributed by atoms with van der Waals surface area (Å²) < 4.78 is 13.4. The van der Waals surface area contributed by atoms with E-state index in [9.17, 15) is 0 Å². The highest BCUT2D eigenvalue weighted by molar-refractivity contribution is 5.92. The van der Waals surface area contributed by atoms with Crippen molar-refractivity contribution in [2.45, 2.75) is 26.3 Å². The summed E-state index contributed by atoms with van der Waals surface area (Å²) >= 11 is 0. The molecule has 1 aliphatic heterocycles. The lowest BCUT2D eigenvalue weighted by atomic mass is 10.1. The molecule has 0 saturated heterocycles. The molecule has 0 bridgehead atoms. The van der Waals surface area contributed by atoms with Crippen LogP contribution in [0.5, 0.6) is 11.6 Å². The Labute approximate surface area is 200 Å². The van der Waals surface area contributed by atoms with Gasteiger partial charge in [-0.2, -0.15) is 0 Å². The molecule has 0 aliphatic carbocycles. The van der Waals surface area contributed by atoms with Gasteiger partial charge in [0.15, 0.2) is 11.5 Å². The van der Waals surface area contributed by atoms with E-state index in [0.717, 1.165) is 39.4 Å². The molecule has 0 spiro atoms. The predicted molar refractivity (Wildman–Crippen MR) is 131 cm³/mol. The minimum absolute atomic E-state index is 0.211. The van der Waals surface area contributed by atoms with Crippen LogP contribution < -0.4 is 10.1 Å². The zero-order valence-corrected chi connectivity index (χ0v) is 19.2. The number of ether oxygens (including phenoxy) is 2. The fraction of sp³-hybridized carbons (Fsp3) is 0.200. The zero-order valence-electron chi connectivity index (χ0n) is 19.2. The molecule has 0 amide bonds. The summed E-state index contributed by atoms with van der Waals surface area (Å²) in [4.78, 5) is 17.7. The lowest BCUT2D eigenvalue weighted by Crippen LogP contribution is -2.04. The van der Waals surface area contributed by atoms with Gasteiger partial charge in [0, 0.05) is 23.6 Å². The van der Waals surface area contributed by atoms with E-state index >= 15 is 0 Å². The summed E-state index contributed by atoms with van der Waals surface area (Å²) in [6.45, 7) is 4.67. The number of nitrogens with one attached hydrogen (secondary N) is 1. The molecule has 6 rings (SSSR count). The van der Waals surface area contributed by atoms with Gasteiger partial charge in [-0.25, -0.2) is 19.9 Å². The maximum atomic E-state index is 5.98. The van der Waals surface area contributed by atoms with E-state index in [4.69, 9.17) is 9.47 Å². The minimum atomic E-state index is 0.211. The Morgan fingerprint density at radius 2 is 2.03 bits per heavy atom. The first-order chi connectivity index (χ1) is 17.1. The van der Waals surface area contributed by atoms with Crippen LogP contribution in [-0.2, 0) is 11.2 Å². The summed E-state index contributed by atoms with van der Waals surface area (Å²) in [6.07, 6.45) is 5.42. The van der Waals surface area contributed by atoms with Gasteiger partial charge in [0.1, 0.15) is 37.2 Å². The summed E-state index contributed by atoms with van der Waals surface area (Å²) in [6, 6.07) is 13.9. The van der Waals surface area contributed by atoms with Gasteiger partial charge >= 0.3 is 0 Å². The van der Waals surface area contributed by atoms with Crippen LogP contribution in [0.1, 0.15) is 18.1 Å². The summed E-state index contributed by atoms with van der Waals surface area (Å²) in [5, 5.41) is 12.2. The highest BCUT2D eigenvalue weighted by atomic mass is 16.5. The normalized spacial score (nSPS) is 15.3. The Hall–Kier alpha value is -4.60. The van der Waals surface area contributed by atoms with Crippen LogP contribution >= 0.6 is 0 Å². The highest BCUT2D eigenvalue weighted by Gasteiger charge is 2.15. The lowest BCUT2D eigenvalue weighted by Gasteiger charge is -2.12. The van der Waals surface area contributed by atoms with Gasteiger partial charge in [-0.1, -0.05) is 6.07 Å². The first-order valence-electron chi connectivity index (χ1n) is 11.2. The second-order valence-corrected chi connectivity index (χ2v) is 8.46. The standard InChI is InChI=1S/C25H22N8O2/c1-15-7-18(4-6-21(15)35-23-10-22-32-29-14-33(22)13-28-23)31-25-19-8-17(3-5-20(19)26-12-27-25)9-24-30-16(2)11-34-24/h3-8,10,12-14,16H,9,11H2,1-2H3,(H,26,27,31)/t16-/m0/s1. The van der Waals surface area contributed by atoms with Crippen LogP contribution in [0.4, 0.5) is 11.5 Å². The van der Waals surface area contributed by atoms with Gasteiger partial charge in [-0.3, -0.25) is 4.40 Å². The van der Waals surface area contributed by atoms with Crippen LogP contribution in [0.15, 0.2) is 66.4 Å². The molecule has 0 unspecified atom stereocenters. The van der Waals surface area contributed by atoms with E-state index in [1.165, 1.54) is 0 Å². The van der Waals surface area contributed by atoms with E-state index < -0.39 is 0 Å². The Bertz CT molecular complexity index is 1580. The van der Waals surface area contributed by atoms with Crippen LogP contribution in [0.25, 0.3) is 16.6 Å². The number of anilines is 2. The fourth-order valence-corrected chi connectivity index (χ4v) is 3.98. The Balaban J connectivity index is 1.24. The van der Waals surface area contributed by atoms with Crippen molar-refractivity contribution in [1.82, 2.24) is 29.5 Å². The quantitative estimate of drug-likeness (QED) is 0.395. The number of nitrogens with zero attached hydrogens (tertiary/aromatic N) is 7. The smallest absolute Gasteiger partial charge is 0.224 e. The van der Waals surface area contributed by atoms with Crippen molar-refractivity contribution in [2.24, 2.45) is 4.99 Å². The molecule has 1 aliphatic rings. The monoisotopic (exact) mass is 466 g/mol. The van der Waals surface area contributed by atoms with Crippen molar-refractivity contribution in [3.05, 3.63) is 72.6 Å². The summed E-state index contributed by atoms with van der Waals surface area (Å²) in [7, 11) is 0. The molecule has 10 heteroatoms. The topological polar surface area (TPSA) is 112 Å². The maximum Gasteiger partial charge on any atom is 0.224 e. The van der Waals surface area contributed by atoms with Crippen LogP contribution in [0.2, 0.25) is 0 Å². The van der Waals surface area contributed by atoms with Gasteiger partial charge in [0.25, 0.3) is 0 Å². The Morgan fingerprint density at radius 1 is 1.09 bits per heavy atom. The zero-order chi connectivity index (χ0) is 23.8. The van der Waals surface area contributed by atoms with Crippen LogP contribution in [0, 0.1) is 6.92 Å². The molecule has 35 heavy (non-hydrogen) atoms. The highest BCUT2D eigenvalue weighted by Crippen LogP contribution is 2.30. The third-order valence-corrected chi connectivity index (χ3v) is 5.73. The van der Waals surface area contributed by atoms with Crippen molar-refractivity contribution in [2.75, 3.05) is 11.9 Å². The van der Waals surface area contributed by atoms with Crippen LogP contribution in [0.3, 0.4) is 0 Å². The Kier molecular flexibility index (Phi) is 5.17. The third-order valence-electron chi connectivity index (χ3n) is 5.73. The largest absolute Gasteiger partial charge is 0.478 e. The first kappa shape index (κ1) is 21.0. The molecule has 174 valence electrons. The number of aliphatic imine (C=N–C) groups is 1. The minimum Gasteiger partial charge on any atom is -0.478 e. The number of fused-ring (bicyclic) bond motifs is 2. The summed E-state index contributed by atoms with van der Waals surface area (Å²) in [5.74, 6) is 2.65. The van der Waals surface area contributed by atoms with Gasteiger partial charge < -0.3 is 14.8 Å². The van der Waals surface area contributed by atoms with Crippen molar-refractivity contribution >= 4 is 34.0 Å².